The van der Waals surface area contributed by atoms with Gasteiger partial charge in [0.25, 0.3) is 0 Å². The summed E-state index contributed by atoms with van der Waals surface area (Å²) >= 11 is 0. The van der Waals surface area contributed by atoms with Crippen LogP contribution in [-0.4, -0.2) is 34.3 Å². The summed E-state index contributed by atoms with van der Waals surface area (Å²) in [5.41, 5.74) is 1.32. The van der Waals surface area contributed by atoms with Gasteiger partial charge in [0.05, 0.1) is 11.4 Å². The first-order chi connectivity index (χ1) is 8.09. The molecule has 2 heterocycles. The van der Waals surface area contributed by atoms with Crippen molar-refractivity contribution in [3.8, 4) is 0 Å². The minimum Gasteiger partial charge on any atom is -0.478 e. The number of ether oxygens (including phenoxy) is 1. The number of carboxylic acid groups (broad SMARTS) is 1. The van der Waals surface area contributed by atoms with Crippen molar-refractivity contribution < 1.29 is 14.6 Å². The van der Waals surface area contributed by atoms with E-state index in [0.29, 0.717) is 17.3 Å². The fourth-order valence-electron chi connectivity index (χ4n) is 2.19. The summed E-state index contributed by atoms with van der Waals surface area (Å²) in [6.07, 6.45) is 1.82. The molecule has 1 aromatic heterocycles. The van der Waals surface area contributed by atoms with Crippen molar-refractivity contribution in [2.75, 3.05) is 13.2 Å². The van der Waals surface area contributed by atoms with Crippen molar-refractivity contribution in [2.24, 2.45) is 0 Å². The van der Waals surface area contributed by atoms with Gasteiger partial charge in [-0.25, -0.2) is 14.8 Å². The highest BCUT2D eigenvalue weighted by molar-refractivity contribution is 5.89. The zero-order valence-electron chi connectivity index (χ0n) is 10.1. The van der Waals surface area contributed by atoms with Crippen molar-refractivity contribution in [3.63, 3.8) is 0 Å². The highest BCUT2D eigenvalue weighted by Gasteiger charge is 2.22. The predicted molar refractivity (Wildman–Crippen MR) is 61.3 cm³/mol. The number of carboxylic acids is 1. The zero-order chi connectivity index (χ0) is 12.4. The Morgan fingerprint density at radius 1 is 1.24 bits per heavy atom. The van der Waals surface area contributed by atoms with Gasteiger partial charge in [-0.2, -0.15) is 0 Å². The van der Waals surface area contributed by atoms with Crippen LogP contribution in [0.3, 0.4) is 0 Å². The summed E-state index contributed by atoms with van der Waals surface area (Å²) in [6.45, 7) is 4.90. The van der Waals surface area contributed by atoms with Crippen LogP contribution in [0.4, 0.5) is 0 Å². The molecule has 1 aliphatic heterocycles. The number of rotatable bonds is 2. The third kappa shape index (κ3) is 2.44. The van der Waals surface area contributed by atoms with Gasteiger partial charge < -0.3 is 9.84 Å². The van der Waals surface area contributed by atoms with Crippen molar-refractivity contribution in [1.29, 1.82) is 0 Å². The third-order valence-corrected chi connectivity index (χ3v) is 3.09. The highest BCUT2D eigenvalue weighted by Crippen LogP contribution is 2.25. The van der Waals surface area contributed by atoms with Crippen LogP contribution in [0, 0.1) is 13.8 Å². The summed E-state index contributed by atoms with van der Waals surface area (Å²) in [7, 11) is 0. The van der Waals surface area contributed by atoms with Crippen LogP contribution in [0.2, 0.25) is 0 Å². The van der Waals surface area contributed by atoms with E-state index in [9.17, 15) is 4.79 Å². The molecule has 0 unspecified atom stereocenters. The number of aromatic nitrogens is 2. The van der Waals surface area contributed by atoms with Crippen LogP contribution in [-0.2, 0) is 4.74 Å². The minimum atomic E-state index is -0.960. The van der Waals surface area contributed by atoms with Gasteiger partial charge in [-0.1, -0.05) is 0 Å². The molecule has 2 rings (SSSR count). The third-order valence-electron chi connectivity index (χ3n) is 3.09. The summed E-state index contributed by atoms with van der Waals surface area (Å²) < 4.78 is 5.29. The summed E-state index contributed by atoms with van der Waals surface area (Å²) in [5, 5.41) is 9.05. The number of nitrogens with zero attached hydrogens (tertiary/aromatic N) is 2. The second-order valence-corrected chi connectivity index (χ2v) is 4.32. The first-order valence-electron chi connectivity index (χ1n) is 5.75. The molecule has 1 fully saturated rings. The molecule has 0 amide bonds. The lowest BCUT2D eigenvalue weighted by Crippen LogP contribution is -2.18. The van der Waals surface area contributed by atoms with Gasteiger partial charge in [0.2, 0.25) is 0 Å². The number of hydrogen-bond donors (Lipinski definition) is 1. The molecule has 0 aliphatic carbocycles. The normalized spacial score (nSPS) is 17.1. The van der Waals surface area contributed by atoms with Gasteiger partial charge >= 0.3 is 5.97 Å². The van der Waals surface area contributed by atoms with E-state index in [1.54, 1.807) is 13.8 Å². The van der Waals surface area contributed by atoms with E-state index < -0.39 is 5.97 Å². The lowest BCUT2D eigenvalue weighted by Gasteiger charge is -2.21. The molecule has 1 aromatic rings. The smallest absolute Gasteiger partial charge is 0.339 e. The second-order valence-electron chi connectivity index (χ2n) is 4.32. The van der Waals surface area contributed by atoms with E-state index in [-0.39, 0.29) is 5.56 Å². The zero-order valence-corrected chi connectivity index (χ0v) is 10.1. The minimum absolute atomic E-state index is 0.223. The molecule has 0 radical (unpaired) electrons. The molecule has 5 nitrogen and oxygen atoms in total. The van der Waals surface area contributed by atoms with E-state index in [1.807, 2.05) is 0 Å². The predicted octanol–water partition coefficient (Wildman–Crippen LogP) is 1.69. The Bertz CT molecular complexity index is 416. The van der Waals surface area contributed by atoms with Crippen LogP contribution in [0.1, 0.15) is 46.3 Å². The van der Waals surface area contributed by atoms with Crippen molar-refractivity contribution in [1.82, 2.24) is 9.97 Å². The lowest BCUT2D eigenvalue weighted by atomic mass is 9.99. The Balaban J connectivity index is 2.34. The monoisotopic (exact) mass is 236 g/mol. The van der Waals surface area contributed by atoms with Crippen LogP contribution < -0.4 is 0 Å². The summed E-state index contributed by atoms with van der Waals surface area (Å²) in [4.78, 5) is 19.7. The topological polar surface area (TPSA) is 72.3 Å². The Morgan fingerprint density at radius 3 is 2.24 bits per heavy atom. The molecule has 92 valence electrons. The molecule has 0 atom stereocenters. The van der Waals surface area contributed by atoms with Crippen molar-refractivity contribution in [2.45, 2.75) is 32.6 Å². The maximum atomic E-state index is 11.0. The van der Waals surface area contributed by atoms with Gasteiger partial charge in [0.1, 0.15) is 11.4 Å². The first kappa shape index (κ1) is 12.0. The average molecular weight is 236 g/mol. The Kier molecular flexibility index (Phi) is 3.38. The number of aromatic carboxylic acids is 1. The molecular formula is C12H16N2O3. The van der Waals surface area contributed by atoms with Crippen LogP contribution in [0.25, 0.3) is 0 Å². The molecular weight excluding hydrogens is 220 g/mol. The molecule has 0 aromatic carbocycles. The standard InChI is InChI=1S/C12H16N2O3/c1-7-10(12(15)16)8(2)14-11(13-7)9-3-5-17-6-4-9/h9H,3-6H2,1-2H3,(H,15,16). The van der Waals surface area contributed by atoms with Crippen molar-refractivity contribution in [3.05, 3.63) is 22.8 Å². The van der Waals surface area contributed by atoms with E-state index in [2.05, 4.69) is 9.97 Å². The second kappa shape index (κ2) is 4.79. The lowest BCUT2D eigenvalue weighted by molar-refractivity contribution is 0.0692. The SMILES string of the molecule is Cc1nc(C2CCOCC2)nc(C)c1C(=O)O. The summed E-state index contributed by atoms with van der Waals surface area (Å²) in [6, 6.07) is 0. The molecule has 0 bridgehead atoms. The van der Waals surface area contributed by atoms with Crippen LogP contribution in [0.5, 0.6) is 0 Å². The average Bonchev–Trinajstić information content (AvgIpc) is 2.28. The molecule has 0 saturated carbocycles. The summed E-state index contributed by atoms with van der Waals surface area (Å²) in [5.74, 6) is 0.0934. The molecule has 1 aliphatic rings. The van der Waals surface area contributed by atoms with Gasteiger partial charge in [0, 0.05) is 19.1 Å². The van der Waals surface area contributed by atoms with E-state index >= 15 is 0 Å². The van der Waals surface area contributed by atoms with Gasteiger partial charge in [-0.3, -0.25) is 0 Å². The maximum absolute atomic E-state index is 11.0. The maximum Gasteiger partial charge on any atom is 0.339 e. The largest absolute Gasteiger partial charge is 0.478 e. The Morgan fingerprint density at radius 2 is 1.76 bits per heavy atom. The Hall–Kier alpha value is -1.49. The number of carbonyl (C=O) groups is 1. The molecule has 17 heavy (non-hydrogen) atoms. The van der Waals surface area contributed by atoms with E-state index in [0.717, 1.165) is 31.9 Å². The molecule has 1 saturated heterocycles. The van der Waals surface area contributed by atoms with E-state index in [1.165, 1.54) is 0 Å². The number of hydrogen-bond acceptors (Lipinski definition) is 4. The van der Waals surface area contributed by atoms with Gasteiger partial charge in [0.15, 0.2) is 0 Å². The molecule has 1 N–H and O–H groups in total. The van der Waals surface area contributed by atoms with Crippen LogP contribution >= 0.6 is 0 Å². The van der Waals surface area contributed by atoms with Crippen molar-refractivity contribution >= 4 is 5.97 Å². The quantitative estimate of drug-likeness (QED) is 0.845. The fourth-order valence-corrected chi connectivity index (χ4v) is 2.19. The van der Waals surface area contributed by atoms with Gasteiger partial charge in [-0.15, -0.1) is 0 Å². The highest BCUT2D eigenvalue weighted by atomic mass is 16.5. The van der Waals surface area contributed by atoms with Crippen LogP contribution in [0.15, 0.2) is 0 Å². The Labute approximate surface area is 99.9 Å². The van der Waals surface area contributed by atoms with E-state index in [4.69, 9.17) is 9.84 Å². The van der Waals surface area contributed by atoms with Gasteiger partial charge in [-0.05, 0) is 26.7 Å². The molecule has 5 heteroatoms. The fraction of sp³-hybridized carbons (Fsp3) is 0.583. The molecule has 0 spiro atoms. The first-order valence-corrected chi connectivity index (χ1v) is 5.75. The number of aryl methyl sites for hydroxylation is 2.